The van der Waals surface area contributed by atoms with Gasteiger partial charge in [0.15, 0.2) is 0 Å². The zero-order chi connectivity index (χ0) is 13.2. The highest BCUT2D eigenvalue weighted by Gasteiger charge is 2.05. The Hall–Kier alpha value is -2.07. The molecule has 0 saturated carbocycles. The van der Waals surface area contributed by atoms with E-state index in [4.69, 9.17) is 10.5 Å². The number of rotatable bonds is 3. The fraction of sp³-hybridized carbons (Fsp3) is 0.133. The van der Waals surface area contributed by atoms with Gasteiger partial charge in [-0.1, -0.05) is 18.2 Å². The van der Waals surface area contributed by atoms with Gasteiger partial charge in [0, 0.05) is 0 Å². The van der Waals surface area contributed by atoms with Gasteiger partial charge in [0.2, 0.25) is 0 Å². The Bertz CT molecular complexity index is 688. The third-order valence-corrected chi connectivity index (χ3v) is 3.87. The summed E-state index contributed by atoms with van der Waals surface area (Å²) in [5.41, 5.74) is 8.70. The Balaban J connectivity index is 1.80. The van der Waals surface area contributed by atoms with Gasteiger partial charge in [-0.2, -0.15) is 0 Å². The number of para-hydroxylation sites is 1. The van der Waals surface area contributed by atoms with E-state index in [-0.39, 0.29) is 0 Å². The standard InChI is InChI=1S/C15H14N2OS/c1-10-6-7-11(16)13(8-10)18-9-15-17-12-4-2-3-5-14(12)19-15/h2-8H,9,16H2,1H3. The highest BCUT2D eigenvalue weighted by molar-refractivity contribution is 7.18. The molecule has 0 saturated heterocycles. The first-order valence-corrected chi connectivity index (χ1v) is 6.87. The lowest BCUT2D eigenvalue weighted by Gasteiger charge is -2.07. The zero-order valence-electron chi connectivity index (χ0n) is 10.6. The minimum Gasteiger partial charge on any atom is -0.484 e. The predicted molar refractivity (Wildman–Crippen MR) is 79.5 cm³/mol. The Kier molecular flexibility index (Phi) is 3.09. The van der Waals surface area contributed by atoms with Crippen LogP contribution in [-0.4, -0.2) is 4.98 Å². The van der Waals surface area contributed by atoms with Gasteiger partial charge < -0.3 is 10.5 Å². The number of benzene rings is 2. The Morgan fingerprint density at radius 2 is 2.05 bits per heavy atom. The average molecular weight is 270 g/mol. The number of fused-ring (bicyclic) bond motifs is 1. The van der Waals surface area contributed by atoms with Gasteiger partial charge in [0.25, 0.3) is 0 Å². The van der Waals surface area contributed by atoms with E-state index in [0.717, 1.165) is 21.8 Å². The minimum atomic E-state index is 0.451. The summed E-state index contributed by atoms with van der Waals surface area (Å²) >= 11 is 1.65. The van der Waals surface area contributed by atoms with Crippen molar-refractivity contribution in [2.45, 2.75) is 13.5 Å². The van der Waals surface area contributed by atoms with E-state index in [9.17, 15) is 0 Å². The first-order valence-electron chi connectivity index (χ1n) is 6.06. The fourth-order valence-electron chi connectivity index (χ4n) is 1.89. The highest BCUT2D eigenvalue weighted by atomic mass is 32.1. The molecule has 0 aliphatic heterocycles. The van der Waals surface area contributed by atoms with Crippen LogP contribution in [-0.2, 0) is 6.61 Å². The smallest absolute Gasteiger partial charge is 0.143 e. The van der Waals surface area contributed by atoms with E-state index in [1.54, 1.807) is 11.3 Å². The molecule has 0 bridgehead atoms. The van der Waals surface area contributed by atoms with Crippen molar-refractivity contribution in [2.75, 3.05) is 5.73 Å². The Morgan fingerprint density at radius 3 is 2.89 bits per heavy atom. The van der Waals surface area contributed by atoms with Crippen LogP contribution in [0.3, 0.4) is 0 Å². The average Bonchev–Trinajstić information content (AvgIpc) is 2.82. The van der Waals surface area contributed by atoms with Crippen molar-refractivity contribution < 1.29 is 4.74 Å². The second kappa shape index (κ2) is 4.90. The SMILES string of the molecule is Cc1ccc(N)c(OCc2nc3ccccc3s2)c1. The fourth-order valence-corrected chi connectivity index (χ4v) is 2.77. The molecule has 0 radical (unpaired) electrons. The number of thiazole rings is 1. The molecule has 3 nitrogen and oxygen atoms in total. The van der Waals surface area contributed by atoms with E-state index < -0.39 is 0 Å². The number of hydrogen-bond donors (Lipinski definition) is 1. The van der Waals surface area contributed by atoms with Crippen LogP contribution in [0.4, 0.5) is 5.69 Å². The van der Waals surface area contributed by atoms with Gasteiger partial charge in [-0.25, -0.2) is 4.98 Å². The molecule has 96 valence electrons. The summed E-state index contributed by atoms with van der Waals surface area (Å²) in [6.45, 7) is 2.47. The quantitative estimate of drug-likeness (QED) is 0.737. The first kappa shape index (κ1) is 12.0. The van der Waals surface area contributed by atoms with Crippen molar-refractivity contribution in [1.29, 1.82) is 0 Å². The number of aryl methyl sites for hydroxylation is 1. The van der Waals surface area contributed by atoms with Crippen molar-refractivity contribution in [3.8, 4) is 5.75 Å². The van der Waals surface area contributed by atoms with Crippen LogP contribution < -0.4 is 10.5 Å². The lowest BCUT2D eigenvalue weighted by atomic mass is 10.2. The second-order valence-corrected chi connectivity index (χ2v) is 5.52. The molecule has 3 rings (SSSR count). The normalized spacial score (nSPS) is 10.8. The van der Waals surface area contributed by atoms with Crippen LogP contribution in [0.1, 0.15) is 10.6 Å². The first-order chi connectivity index (χ1) is 9.22. The van der Waals surface area contributed by atoms with Gasteiger partial charge in [-0.3, -0.25) is 0 Å². The van der Waals surface area contributed by atoms with E-state index in [1.807, 2.05) is 43.3 Å². The summed E-state index contributed by atoms with van der Waals surface area (Å²) < 4.78 is 6.94. The van der Waals surface area contributed by atoms with Gasteiger partial charge in [0.05, 0.1) is 15.9 Å². The van der Waals surface area contributed by atoms with Crippen molar-refractivity contribution in [1.82, 2.24) is 4.98 Å². The molecule has 0 amide bonds. The molecule has 4 heteroatoms. The predicted octanol–water partition coefficient (Wildman–Crippen LogP) is 3.77. The van der Waals surface area contributed by atoms with Gasteiger partial charge in [-0.15, -0.1) is 11.3 Å². The molecule has 0 spiro atoms. The molecule has 1 heterocycles. The van der Waals surface area contributed by atoms with Gasteiger partial charge in [0.1, 0.15) is 17.4 Å². The number of nitrogen functional groups attached to an aromatic ring is 1. The molecule has 0 atom stereocenters. The number of nitrogens with two attached hydrogens (primary N) is 1. The highest BCUT2D eigenvalue weighted by Crippen LogP contribution is 2.26. The van der Waals surface area contributed by atoms with Crippen molar-refractivity contribution in [2.24, 2.45) is 0 Å². The monoisotopic (exact) mass is 270 g/mol. The summed E-state index contributed by atoms with van der Waals surface area (Å²) in [7, 11) is 0. The molecule has 2 N–H and O–H groups in total. The van der Waals surface area contributed by atoms with Crippen molar-refractivity contribution >= 4 is 27.2 Å². The molecular formula is C15H14N2OS. The Labute approximate surface area is 115 Å². The summed E-state index contributed by atoms with van der Waals surface area (Å²) in [5, 5.41) is 0.960. The second-order valence-electron chi connectivity index (χ2n) is 4.41. The third kappa shape index (κ3) is 2.53. The summed E-state index contributed by atoms with van der Waals surface area (Å²) in [6.07, 6.45) is 0. The van der Waals surface area contributed by atoms with Gasteiger partial charge in [-0.05, 0) is 36.8 Å². The number of anilines is 1. The molecule has 2 aromatic carbocycles. The van der Waals surface area contributed by atoms with Crippen LogP contribution in [0.5, 0.6) is 5.75 Å². The maximum Gasteiger partial charge on any atom is 0.143 e. The summed E-state index contributed by atoms with van der Waals surface area (Å²) in [5.74, 6) is 0.722. The maximum absolute atomic E-state index is 5.89. The summed E-state index contributed by atoms with van der Waals surface area (Å²) in [4.78, 5) is 4.53. The minimum absolute atomic E-state index is 0.451. The zero-order valence-corrected chi connectivity index (χ0v) is 11.4. The summed E-state index contributed by atoms with van der Waals surface area (Å²) in [6, 6.07) is 13.9. The molecule has 19 heavy (non-hydrogen) atoms. The largest absolute Gasteiger partial charge is 0.484 e. The molecular weight excluding hydrogens is 256 g/mol. The number of nitrogens with zero attached hydrogens (tertiary/aromatic N) is 1. The van der Waals surface area contributed by atoms with Crippen molar-refractivity contribution in [3.05, 3.63) is 53.0 Å². The molecule has 0 aliphatic carbocycles. The van der Waals surface area contributed by atoms with E-state index in [2.05, 4.69) is 11.1 Å². The van der Waals surface area contributed by atoms with Crippen molar-refractivity contribution in [3.63, 3.8) is 0 Å². The van der Waals surface area contributed by atoms with Gasteiger partial charge >= 0.3 is 0 Å². The van der Waals surface area contributed by atoms with E-state index in [0.29, 0.717) is 12.3 Å². The molecule has 1 aromatic heterocycles. The lowest BCUT2D eigenvalue weighted by molar-refractivity contribution is 0.307. The molecule has 0 aliphatic rings. The molecule has 3 aromatic rings. The van der Waals surface area contributed by atoms with Crippen LogP contribution in [0.15, 0.2) is 42.5 Å². The van der Waals surface area contributed by atoms with E-state index in [1.165, 1.54) is 4.70 Å². The van der Waals surface area contributed by atoms with Crippen LogP contribution in [0.2, 0.25) is 0 Å². The number of ether oxygens (including phenoxy) is 1. The number of hydrogen-bond acceptors (Lipinski definition) is 4. The third-order valence-electron chi connectivity index (χ3n) is 2.86. The topological polar surface area (TPSA) is 48.1 Å². The molecule has 0 fully saturated rings. The number of aromatic nitrogens is 1. The Morgan fingerprint density at radius 1 is 1.21 bits per heavy atom. The molecule has 0 unspecified atom stereocenters. The van der Waals surface area contributed by atoms with Crippen LogP contribution >= 0.6 is 11.3 Å². The van der Waals surface area contributed by atoms with Crippen LogP contribution in [0.25, 0.3) is 10.2 Å². The van der Waals surface area contributed by atoms with Crippen LogP contribution in [0, 0.1) is 6.92 Å². The van der Waals surface area contributed by atoms with E-state index >= 15 is 0 Å². The lowest BCUT2D eigenvalue weighted by Crippen LogP contribution is -1.98. The maximum atomic E-state index is 5.89.